The number of rotatable bonds is 6. The van der Waals surface area contributed by atoms with Gasteiger partial charge in [0, 0.05) is 39.3 Å². The topological polar surface area (TPSA) is 86.7 Å². The van der Waals surface area contributed by atoms with Crippen LogP contribution in [0.1, 0.15) is 16.8 Å². The molecule has 0 aliphatic heterocycles. The fourth-order valence-electron chi connectivity index (χ4n) is 2.40. The molecule has 1 aromatic heterocycles. The van der Waals surface area contributed by atoms with Crippen LogP contribution in [0, 0.1) is 6.92 Å². The lowest BCUT2D eigenvalue weighted by molar-refractivity contribution is 0.601. The molecule has 27 heavy (non-hydrogen) atoms. The molecule has 0 amide bonds. The quantitative estimate of drug-likeness (QED) is 0.344. The predicted molar refractivity (Wildman–Crippen MR) is 123 cm³/mol. The summed E-state index contributed by atoms with van der Waals surface area (Å²) in [6.07, 6.45) is 1.22. The van der Waals surface area contributed by atoms with Crippen molar-refractivity contribution in [1.82, 2.24) is 15.6 Å². The van der Waals surface area contributed by atoms with E-state index in [9.17, 15) is 8.42 Å². The highest BCUT2D eigenvalue weighted by Crippen LogP contribution is 2.18. The highest BCUT2D eigenvalue weighted by molar-refractivity contribution is 14.0. The number of halogens is 1. The van der Waals surface area contributed by atoms with Gasteiger partial charge >= 0.3 is 0 Å². The molecule has 2 N–H and O–H groups in total. The van der Waals surface area contributed by atoms with Crippen molar-refractivity contribution in [2.24, 2.45) is 4.99 Å². The van der Waals surface area contributed by atoms with Crippen LogP contribution in [0.4, 0.5) is 5.13 Å². The van der Waals surface area contributed by atoms with Crippen LogP contribution < -0.4 is 15.5 Å². The van der Waals surface area contributed by atoms with E-state index >= 15 is 0 Å². The van der Waals surface area contributed by atoms with Crippen molar-refractivity contribution in [3.05, 3.63) is 40.4 Å². The molecule has 0 bridgehead atoms. The summed E-state index contributed by atoms with van der Waals surface area (Å²) in [6, 6.07) is 5.34. The molecule has 0 fully saturated rings. The zero-order valence-corrected chi connectivity index (χ0v) is 20.1. The fraction of sp³-hybridized carbons (Fsp3) is 0.412. The molecule has 2 rings (SSSR count). The average Bonchev–Trinajstić information content (AvgIpc) is 3.03. The zero-order valence-electron chi connectivity index (χ0n) is 16.1. The maximum absolute atomic E-state index is 11.7. The minimum absolute atomic E-state index is 0. The number of nitrogens with zero attached hydrogens (tertiary/aromatic N) is 3. The average molecular weight is 523 g/mol. The van der Waals surface area contributed by atoms with Gasteiger partial charge < -0.3 is 15.5 Å². The number of hydrogen-bond acceptors (Lipinski definition) is 6. The van der Waals surface area contributed by atoms with E-state index in [1.165, 1.54) is 6.26 Å². The first kappa shape index (κ1) is 23.6. The van der Waals surface area contributed by atoms with Crippen molar-refractivity contribution in [3.63, 3.8) is 0 Å². The van der Waals surface area contributed by atoms with E-state index in [-0.39, 0.29) is 24.0 Å². The van der Waals surface area contributed by atoms with Crippen molar-refractivity contribution < 1.29 is 8.42 Å². The van der Waals surface area contributed by atoms with Gasteiger partial charge in [-0.05, 0) is 24.1 Å². The highest BCUT2D eigenvalue weighted by Gasteiger charge is 2.11. The number of anilines is 1. The van der Waals surface area contributed by atoms with Gasteiger partial charge in [-0.1, -0.05) is 12.1 Å². The number of hydrogen-bond donors (Lipinski definition) is 2. The summed E-state index contributed by atoms with van der Waals surface area (Å²) in [5.41, 5.74) is 2.69. The highest BCUT2D eigenvalue weighted by atomic mass is 127. The van der Waals surface area contributed by atoms with E-state index in [0.29, 0.717) is 23.9 Å². The number of benzene rings is 1. The predicted octanol–water partition coefficient (Wildman–Crippen LogP) is 2.40. The molecule has 1 aromatic carbocycles. The van der Waals surface area contributed by atoms with E-state index in [2.05, 4.69) is 20.6 Å². The first-order valence-corrected chi connectivity index (χ1v) is 10.8. The number of guanidine groups is 1. The summed E-state index contributed by atoms with van der Waals surface area (Å²) in [7, 11) is 2.44. The van der Waals surface area contributed by atoms with Crippen LogP contribution in [0.2, 0.25) is 0 Å². The third-order valence-corrected chi connectivity index (χ3v) is 6.00. The molecular formula is C17H26IN5O2S2. The monoisotopic (exact) mass is 523 g/mol. The summed E-state index contributed by atoms with van der Waals surface area (Å²) < 4.78 is 23.4. The molecule has 1 heterocycles. The summed E-state index contributed by atoms with van der Waals surface area (Å²) in [4.78, 5) is 11.1. The lowest BCUT2D eigenvalue weighted by Crippen LogP contribution is -2.36. The summed E-state index contributed by atoms with van der Waals surface area (Å²) >= 11 is 1.60. The first-order chi connectivity index (χ1) is 12.2. The molecule has 150 valence electrons. The van der Waals surface area contributed by atoms with E-state index in [4.69, 9.17) is 0 Å². The summed E-state index contributed by atoms with van der Waals surface area (Å²) in [5.74, 6) is 0.661. The van der Waals surface area contributed by atoms with E-state index in [0.717, 1.165) is 22.0 Å². The smallest absolute Gasteiger partial charge is 0.191 e. The number of aryl methyl sites for hydroxylation is 1. The molecule has 10 heteroatoms. The van der Waals surface area contributed by atoms with Gasteiger partial charge in [0.15, 0.2) is 20.9 Å². The van der Waals surface area contributed by atoms with Gasteiger partial charge in [-0.15, -0.1) is 35.3 Å². The number of aliphatic imine (C=N–C) groups is 1. The maximum Gasteiger partial charge on any atom is 0.191 e. The van der Waals surface area contributed by atoms with Crippen molar-refractivity contribution in [2.45, 2.75) is 24.9 Å². The van der Waals surface area contributed by atoms with Crippen molar-refractivity contribution in [1.29, 1.82) is 0 Å². The Bertz CT molecular complexity index is 894. The van der Waals surface area contributed by atoms with Crippen LogP contribution in [0.3, 0.4) is 0 Å². The number of thiazole rings is 1. The summed E-state index contributed by atoms with van der Waals surface area (Å²) in [5, 5.41) is 9.43. The Morgan fingerprint density at radius 2 is 1.93 bits per heavy atom. The van der Waals surface area contributed by atoms with E-state index in [1.807, 2.05) is 36.5 Å². The Labute approximate surface area is 182 Å². The Kier molecular flexibility index (Phi) is 8.95. The Morgan fingerprint density at radius 3 is 2.44 bits per heavy atom. The zero-order chi connectivity index (χ0) is 19.3. The second kappa shape index (κ2) is 10.2. The van der Waals surface area contributed by atoms with Crippen molar-refractivity contribution in [3.8, 4) is 0 Å². The minimum atomic E-state index is -3.20. The molecule has 0 aliphatic rings. The second-order valence-electron chi connectivity index (χ2n) is 6.17. The van der Waals surface area contributed by atoms with E-state index in [1.54, 1.807) is 31.4 Å². The molecule has 7 nitrogen and oxygen atoms in total. The molecule has 2 aromatic rings. The normalized spacial score (nSPS) is 11.7. The van der Waals surface area contributed by atoms with Crippen molar-refractivity contribution >= 4 is 56.2 Å². The number of nitrogens with one attached hydrogen (secondary N) is 2. The van der Waals surface area contributed by atoms with Gasteiger partial charge in [-0.25, -0.2) is 13.4 Å². The largest absolute Gasteiger partial charge is 0.354 e. The van der Waals surface area contributed by atoms with Crippen LogP contribution in [0.25, 0.3) is 0 Å². The third-order valence-electron chi connectivity index (χ3n) is 3.68. The first-order valence-electron chi connectivity index (χ1n) is 8.06. The van der Waals surface area contributed by atoms with Crippen LogP contribution in [-0.4, -0.2) is 46.8 Å². The van der Waals surface area contributed by atoms with E-state index < -0.39 is 9.84 Å². The molecule has 0 spiro atoms. The SMILES string of the molecule is CN=C(NCc1ccc(S(C)(=O)=O)c(C)c1)NCc1csc(N(C)C)n1.I. The van der Waals surface area contributed by atoms with Crippen molar-refractivity contribution in [2.75, 3.05) is 32.3 Å². The lowest BCUT2D eigenvalue weighted by Gasteiger charge is -2.12. The third kappa shape index (κ3) is 6.92. The molecule has 0 unspecified atom stereocenters. The Hall–Kier alpha value is -1.40. The molecule has 0 saturated carbocycles. The van der Waals surface area contributed by atoms with Gasteiger partial charge in [0.05, 0.1) is 17.1 Å². The Balaban J connectivity index is 0.00000364. The van der Waals surface area contributed by atoms with Gasteiger partial charge in [-0.3, -0.25) is 4.99 Å². The summed E-state index contributed by atoms with van der Waals surface area (Å²) in [6.45, 7) is 2.93. The number of aromatic nitrogens is 1. The lowest BCUT2D eigenvalue weighted by atomic mass is 10.1. The molecule has 0 radical (unpaired) electrons. The van der Waals surface area contributed by atoms with Gasteiger partial charge in [0.2, 0.25) is 0 Å². The van der Waals surface area contributed by atoms with Gasteiger partial charge in [-0.2, -0.15) is 0 Å². The van der Waals surface area contributed by atoms with Crippen LogP contribution in [0.15, 0.2) is 33.5 Å². The maximum atomic E-state index is 11.7. The molecule has 0 aliphatic carbocycles. The number of sulfone groups is 1. The van der Waals surface area contributed by atoms with Crippen LogP contribution in [-0.2, 0) is 22.9 Å². The molecular weight excluding hydrogens is 497 g/mol. The molecule has 0 saturated heterocycles. The standard InChI is InChI=1S/C17H25N5O2S2.HI/c1-12-8-13(6-7-15(12)26(5,23)24)9-19-16(18-2)20-10-14-11-25-17(21-14)22(3)4;/h6-8,11H,9-10H2,1-5H3,(H2,18,19,20);1H. The Morgan fingerprint density at radius 1 is 1.26 bits per heavy atom. The van der Waals surface area contributed by atoms with Crippen LogP contribution in [0.5, 0.6) is 0 Å². The second-order valence-corrected chi connectivity index (χ2v) is 8.99. The van der Waals surface area contributed by atoms with Crippen LogP contribution >= 0.6 is 35.3 Å². The van der Waals surface area contributed by atoms with Gasteiger partial charge in [0.25, 0.3) is 0 Å². The molecule has 0 atom stereocenters. The van der Waals surface area contributed by atoms with Gasteiger partial charge in [0.1, 0.15) is 0 Å². The minimum Gasteiger partial charge on any atom is -0.354 e. The fourth-order valence-corrected chi connectivity index (χ4v) is 4.12.